The summed E-state index contributed by atoms with van der Waals surface area (Å²) in [5.74, 6) is -2.94. The van der Waals surface area contributed by atoms with E-state index in [4.69, 9.17) is 10.6 Å². The molecule has 1 aliphatic rings. The molecule has 0 spiro atoms. The van der Waals surface area contributed by atoms with Crippen LogP contribution in [-0.2, 0) is 4.84 Å². The lowest BCUT2D eigenvalue weighted by Crippen LogP contribution is -3.12. The second-order valence-electron chi connectivity index (χ2n) is 2.79. The average molecular weight is 191 g/mol. The van der Waals surface area contributed by atoms with Crippen LogP contribution < -0.4 is 10.8 Å². The van der Waals surface area contributed by atoms with Gasteiger partial charge in [0.25, 0.3) is 0 Å². The van der Waals surface area contributed by atoms with Gasteiger partial charge in [-0.05, 0) is 12.2 Å². The summed E-state index contributed by atoms with van der Waals surface area (Å²) in [7, 11) is 1.37. The largest absolute Gasteiger partial charge is 0.325 e. The van der Waals surface area contributed by atoms with Crippen LogP contribution in [-0.4, -0.2) is 25.6 Å². The Morgan fingerprint density at radius 1 is 1.54 bits per heavy atom. The van der Waals surface area contributed by atoms with E-state index in [-0.39, 0.29) is 5.06 Å². The molecule has 0 aromatic heterocycles. The van der Waals surface area contributed by atoms with Crippen LogP contribution in [0.4, 0.5) is 8.78 Å². The highest BCUT2D eigenvalue weighted by molar-refractivity contribution is 5.08. The Kier molecular flexibility index (Phi) is 3.13. The zero-order chi connectivity index (χ0) is 9.90. The summed E-state index contributed by atoms with van der Waals surface area (Å²) in [5.41, 5.74) is 4.98. The Hall–Kier alpha value is -0.780. The van der Waals surface area contributed by atoms with E-state index in [0.29, 0.717) is 0 Å². The van der Waals surface area contributed by atoms with Gasteiger partial charge in [-0.15, -0.1) is 0 Å². The van der Waals surface area contributed by atoms with Gasteiger partial charge in [-0.3, -0.25) is 0 Å². The molecular formula is C8H13F2N2O+. The van der Waals surface area contributed by atoms with Crippen LogP contribution >= 0.6 is 0 Å². The maximum atomic E-state index is 13.2. The van der Waals surface area contributed by atoms with Gasteiger partial charge in [0.1, 0.15) is 6.20 Å². The zero-order valence-corrected chi connectivity index (χ0v) is 7.34. The first-order chi connectivity index (χ1) is 6.11. The molecule has 1 rings (SSSR count). The smallest absolute Gasteiger partial charge is 0.317 e. The van der Waals surface area contributed by atoms with Gasteiger partial charge in [-0.25, -0.2) is 4.84 Å². The van der Waals surface area contributed by atoms with Crippen LogP contribution in [0.25, 0.3) is 0 Å². The van der Waals surface area contributed by atoms with Crippen LogP contribution in [0.2, 0.25) is 0 Å². The molecule has 0 fully saturated rings. The van der Waals surface area contributed by atoms with E-state index in [0.717, 1.165) is 0 Å². The normalized spacial score (nSPS) is 28.0. The molecule has 0 amide bonds. The number of allylic oxidation sites excluding steroid dienone is 2. The molecule has 0 saturated carbocycles. The highest BCUT2D eigenvalue weighted by Gasteiger charge is 2.45. The standard InChI is InChI=1S/C8H12F2N2O/c1-13-12-5-3-2-4-7(12)8(9,10)6-11/h2-5,7H,6,11H2,1H3/p+1. The predicted octanol–water partition coefficient (Wildman–Crippen LogP) is -0.521. The summed E-state index contributed by atoms with van der Waals surface area (Å²) >= 11 is 0. The molecule has 2 unspecified atom stereocenters. The topological polar surface area (TPSA) is 39.7 Å². The Morgan fingerprint density at radius 2 is 2.23 bits per heavy atom. The summed E-state index contributed by atoms with van der Waals surface area (Å²) < 4.78 is 26.3. The molecule has 3 N–H and O–H groups in total. The molecule has 0 aromatic carbocycles. The van der Waals surface area contributed by atoms with Crippen molar-refractivity contribution in [2.75, 3.05) is 13.7 Å². The maximum absolute atomic E-state index is 13.2. The summed E-state index contributed by atoms with van der Waals surface area (Å²) in [6.07, 6.45) is 6.14. The van der Waals surface area contributed by atoms with Gasteiger partial charge in [0.2, 0.25) is 6.04 Å². The maximum Gasteiger partial charge on any atom is 0.317 e. The van der Waals surface area contributed by atoms with Gasteiger partial charge in [0.15, 0.2) is 0 Å². The number of nitrogens with two attached hydrogens (primary N) is 1. The van der Waals surface area contributed by atoms with E-state index in [1.165, 1.54) is 19.4 Å². The fourth-order valence-corrected chi connectivity index (χ4v) is 1.20. The average Bonchev–Trinajstić information content (AvgIpc) is 2.18. The number of quaternary nitrogens is 1. The molecule has 1 aliphatic heterocycles. The van der Waals surface area contributed by atoms with E-state index in [1.807, 2.05) is 0 Å². The Balaban J connectivity index is 2.78. The summed E-state index contributed by atoms with van der Waals surface area (Å²) in [5, 5.41) is 0.248. The molecule has 2 atom stereocenters. The first-order valence-corrected chi connectivity index (χ1v) is 3.95. The molecular weight excluding hydrogens is 178 g/mol. The minimum Gasteiger partial charge on any atom is -0.325 e. The van der Waals surface area contributed by atoms with Crippen molar-refractivity contribution in [3.8, 4) is 0 Å². The lowest BCUT2D eigenvalue weighted by molar-refractivity contribution is -1.07. The number of hydroxylamine groups is 2. The number of alkyl halides is 2. The number of hydrogen-bond donors (Lipinski definition) is 2. The molecule has 5 heteroatoms. The number of nitrogens with one attached hydrogen (secondary N) is 1. The van der Waals surface area contributed by atoms with Crippen LogP contribution in [0.5, 0.6) is 0 Å². The van der Waals surface area contributed by atoms with Crippen LogP contribution in [0.1, 0.15) is 0 Å². The number of hydrogen-bond acceptors (Lipinski definition) is 2. The summed E-state index contributed by atoms with van der Waals surface area (Å²) in [4.78, 5) is 4.83. The van der Waals surface area contributed by atoms with E-state index in [9.17, 15) is 8.78 Å². The molecule has 3 nitrogen and oxygen atoms in total. The van der Waals surface area contributed by atoms with Crippen molar-refractivity contribution in [2.45, 2.75) is 12.0 Å². The highest BCUT2D eigenvalue weighted by atomic mass is 19.3. The molecule has 0 aromatic rings. The third-order valence-electron chi connectivity index (χ3n) is 1.94. The van der Waals surface area contributed by atoms with Crippen molar-refractivity contribution in [1.29, 1.82) is 0 Å². The second-order valence-corrected chi connectivity index (χ2v) is 2.79. The second kappa shape index (κ2) is 3.95. The van der Waals surface area contributed by atoms with E-state index in [1.54, 1.807) is 12.2 Å². The van der Waals surface area contributed by atoms with Crippen LogP contribution in [0, 0.1) is 0 Å². The van der Waals surface area contributed by atoms with Gasteiger partial charge >= 0.3 is 5.92 Å². The van der Waals surface area contributed by atoms with Crippen LogP contribution in [0.3, 0.4) is 0 Å². The van der Waals surface area contributed by atoms with Gasteiger partial charge in [0, 0.05) is 0 Å². The Bertz CT molecular complexity index is 228. The van der Waals surface area contributed by atoms with Gasteiger partial charge < -0.3 is 5.73 Å². The molecule has 13 heavy (non-hydrogen) atoms. The monoisotopic (exact) mass is 191 g/mol. The Labute approximate surface area is 75.4 Å². The quantitative estimate of drug-likeness (QED) is 0.630. The Morgan fingerprint density at radius 3 is 2.77 bits per heavy atom. The number of rotatable bonds is 3. The van der Waals surface area contributed by atoms with Crippen molar-refractivity contribution in [3.63, 3.8) is 0 Å². The third-order valence-corrected chi connectivity index (χ3v) is 1.94. The van der Waals surface area contributed by atoms with Gasteiger partial charge in [-0.2, -0.15) is 13.8 Å². The molecule has 0 bridgehead atoms. The minimum absolute atomic E-state index is 0.248. The van der Waals surface area contributed by atoms with E-state index in [2.05, 4.69) is 0 Å². The number of halogens is 2. The first kappa shape index (κ1) is 10.3. The van der Waals surface area contributed by atoms with E-state index >= 15 is 0 Å². The minimum atomic E-state index is -2.94. The van der Waals surface area contributed by atoms with E-state index < -0.39 is 18.5 Å². The molecule has 0 aliphatic carbocycles. The van der Waals surface area contributed by atoms with Gasteiger partial charge in [0.05, 0.1) is 13.7 Å². The molecule has 74 valence electrons. The fourth-order valence-electron chi connectivity index (χ4n) is 1.20. The fraction of sp³-hybridized carbons (Fsp3) is 0.500. The summed E-state index contributed by atoms with van der Waals surface area (Å²) in [6, 6.07) is -1.03. The SMILES string of the molecule is CO[NH+]1C=CC=CC1C(F)(F)CN. The summed E-state index contributed by atoms with van der Waals surface area (Å²) in [6.45, 7) is -0.678. The third kappa shape index (κ3) is 2.12. The van der Waals surface area contributed by atoms with Crippen molar-refractivity contribution in [1.82, 2.24) is 0 Å². The lowest BCUT2D eigenvalue weighted by atomic mass is 10.1. The van der Waals surface area contributed by atoms with Gasteiger partial charge in [-0.1, -0.05) is 6.08 Å². The first-order valence-electron chi connectivity index (χ1n) is 3.95. The van der Waals surface area contributed by atoms with Crippen molar-refractivity contribution in [3.05, 3.63) is 24.4 Å². The molecule has 0 saturated heterocycles. The van der Waals surface area contributed by atoms with Crippen molar-refractivity contribution < 1.29 is 18.7 Å². The predicted molar refractivity (Wildman–Crippen MR) is 44.0 cm³/mol. The molecule has 1 heterocycles. The highest BCUT2D eigenvalue weighted by Crippen LogP contribution is 2.16. The lowest BCUT2D eigenvalue weighted by Gasteiger charge is -2.27. The zero-order valence-electron chi connectivity index (χ0n) is 7.34. The van der Waals surface area contributed by atoms with Crippen molar-refractivity contribution in [2.24, 2.45) is 5.73 Å². The van der Waals surface area contributed by atoms with Crippen LogP contribution in [0.15, 0.2) is 24.4 Å². The van der Waals surface area contributed by atoms with Crippen molar-refractivity contribution >= 4 is 0 Å². The molecule has 0 radical (unpaired) electrons.